The average molecular weight is 737 g/mol. The Bertz CT molecular complexity index is 3130. The molecule has 0 amide bonds. The molecule has 0 aliphatic heterocycles. The van der Waals surface area contributed by atoms with E-state index in [4.69, 9.17) is 9.47 Å². The molecule has 0 aromatic heterocycles. The lowest BCUT2D eigenvalue weighted by atomic mass is 9.93. The Balaban J connectivity index is 1.28. The van der Waals surface area contributed by atoms with Crippen LogP contribution in [0, 0.1) is 90.6 Å². The quantitative estimate of drug-likeness (QED) is 0.132. The van der Waals surface area contributed by atoms with Crippen molar-refractivity contribution in [1.82, 2.24) is 0 Å². The molecular weight excluding hydrogens is 717 g/mol. The molecule has 0 bridgehead atoms. The monoisotopic (exact) mass is 736 g/mol. The summed E-state index contributed by atoms with van der Waals surface area (Å²) in [4.78, 5) is 25.6. The van der Waals surface area contributed by atoms with Crippen LogP contribution in [0.25, 0.3) is 65.4 Å². The van der Waals surface area contributed by atoms with Crippen molar-refractivity contribution in [2.24, 2.45) is 0 Å². The highest BCUT2D eigenvalue weighted by atomic mass is 16.6. The summed E-state index contributed by atoms with van der Waals surface area (Å²) in [6, 6.07) is 38.5. The maximum Gasteiger partial charge on any atom is 0.317 e. The SMILES string of the molecule is N#CC(C#N)=c1c2ccccc2c(=C(C#N)C#N)c2cc(COC(=O)CC(=O)OCc3ccc4c(=C(C#N)C#N)c5ccccc5c(=C(C#N)C#N)c4c3)ccc12. The number of carbonyl (C=O) groups excluding carboxylic acids is 2. The van der Waals surface area contributed by atoms with Gasteiger partial charge in [-0.2, -0.15) is 42.1 Å². The number of fused-ring (bicyclic) bond motifs is 4. The lowest BCUT2D eigenvalue weighted by Gasteiger charge is -2.11. The highest BCUT2D eigenvalue weighted by Crippen LogP contribution is 2.21. The highest BCUT2D eigenvalue weighted by molar-refractivity contribution is 6.07. The third kappa shape index (κ3) is 6.85. The summed E-state index contributed by atoms with van der Waals surface area (Å²) in [5, 5.41) is 83.1. The van der Waals surface area contributed by atoms with Gasteiger partial charge in [0.25, 0.3) is 0 Å². The molecule has 0 fully saturated rings. The zero-order valence-corrected chi connectivity index (χ0v) is 29.4. The summed E-state index contributed by atoms with van der Waals surface area (Å²) >= 11 is 0. The van der Waals surface area contributed by atoms with Gasteiger partial charge in [0.05, 0.1) is 0 Å². The Morgan fingerprint density at radius 3 is 0.930 bits per heavy atom. The lowest BCUT2D eigenvalue weighted by molar-refractivity contribution is -0.156. The number of benzene rings is 6. The van der Waals surface area contributed by atoms with Crippen LogP contribution in [0.3, 0.4) is 0 Å². The molecule has 0 spiro atoms. The molecule has 6 aromatic rings. The van der Waals surface area contributed by atoms with Crippen molar-refractivity contribution < 1.29 is 19.1 Å². The van der Waals surface area contributed by atoms with Gasteiger partial charge in [-0.05, 0) is 66.3 Å². The number of nitrogens with zero attached hydrogens (tertiary/aromatic N) is 8. The van der Waals surface area contributed by atoms with Gasteiger partial charge >= 0.3 is 11.9 Å². The van der Waals surface area contributed by atoms with Crippen molar-refractivity contribution in [1.29, 1.82) is 42.1 Å². The Labute approximate surface area is 322 Å². The second kappa shape index (κ2) is 16.2. The molecule has 0 saturated heterocycles. The number of esters is 2. The molecule has 0 aliphatic carbocycles. The van der Waals surface area contributed by atoms with E-state index in [1.807, 2.05) is 48.6 Å². The van der Waals surface area contributed by atoms with Gasteiger partial charge in [-0.15, -0.1) is 0 Å². The van der Waals surface area contributed by atoms with E-state index in [9.17, 15) is 51.7 Å². The Morgan fingerprint density at radius 2 is 0.649 bits per heavy atom. The third-order valence-electron chi connectivity index (χ3n) is 9.16. The molecule has 12 nitrogen and oxygen atoms in total. The molecule has 57 heavy (non-hydrogen) atoms. The van der Waals surface area contributed by atoms with Crippen LogP contribution in [0.2, 0.25) is 0 Å². The van der Waals surface area contributed by atoms with E-state index in [0.717, 1.165) is 0 Å². The fourth-order valence-corrected chi connectivity index (χ4v) is 6.80. The highest BCUT2D eigenvalue weighted by Gasteiger charge is 2.17. The fourth-order valence-electron chi connectivity index (χ4n) is 6.80. The molecule has 0 saturated carbocycles. The van der Waals surface area contributed by atoms with Crippen LogP contribution in [-0.2, 0) is 32.3 Å². The molecule has 12 heteroatoms. The first-order valence-corrected chi connectivity index (χ1v) is 16.7. The van der Waals surface area contributed by atoms with Crippen LogP contribution >= 0.6 is 0 Å². The summed E-state index contributed by atoms with van der Waals surface area (Å²) in [6.07, 6.45) is -0.756. The predicted molar refractivity (Wildman–Crippen MR) is 204 cm³/mol. The molecule has 0 N–H and O–H groups in total. The van der Waals surface area contributed by atoms with E-state index in [1.165, 1.54) is 0 Å². The first-order chi connectivity index (χ1) is 27.8. The lowest BCUT2D eigenvalue weighted by Crippen LogP contribution is -2.19. The van der Waals surface area contributed by atoms with Crippen molar-refractivity contribution in [3.63, 3.8) is 0 Å². The molecule has 0 heterocycles. The van der Waals surface area contributed by atoms with Gasteiger partial charge in [0, 0.05) is 20.9 Å². The van der Waals surface area contributed by atoms with Gasteiger partial charge in [0.1, 0.15) is 90.5 Å². The Hall–Kier alpha value is -9.30. The van der Waals surface area contributed by atoms with E-state index < -0.39 is 18.4 Å². The molecule has 0 unspecified atom stereocenters. The zero-order chi connectivity index (χ0) is 40.6. The number of hydrogen-bond donors (Lipinski definition) is 0. The topological polar surface area (TPSA) is 243 Å². The molecule has 6 aromatic carbocycles. The van der Waals surface area contributed by atoms with E-state index in [0.29, 0.717) is 64.7 Å². The minimum Gasteiger partial charge on any atom is -0.460 e. The summed E-state index contributed by atoms with van der Waals surface area (Å²) in [7, 11) is 0. The normalized spacial score (nSPS) is 9.96. The molecular formula is C45H20N8O4. The molecule has 0 radical (unpaired) electrons. The zero-order valence-electron chi connectivity index (χ0n) is 29.4. The smallest absolute Gasteiger partial charge is 0.317 e. The van der Waals surface area contributed by atoms with Gasteiger partial charge in [0.2, 0.25) is 0 Å². The van der Waals surface area contributed by atoms with Gasteiger partial charge in [-0.3, -0.25) is 9.59 Å². The van der Waals surface area contributed by atoms with Crippen molar-refractivity contribution in [3.05, 3.63) is 117 Å². The van der Waals surface area contributed by atoms with Gasteiger partial charge < -0.3 is 9.47 Å². The third-order valence-corrected chi connectivity index (χ3v) is 9.16. The standard InChI is InChI=1S/C45H20N8O4/c46-16-28(17-47)42-32-5-1-3-7-34(32)44(30(20-50)21-51)38-13-26(9-11-36(38)42)24-56-40(54)15-41(55)57-25-27-10-12-37-39(14-27)45(31(22-52)23-53)35-8-4-2-6-33(35)43(37)29(18-48)19-49/h1-14H,15,24-25H2. The summed E-state index contributed by atoms with van der Waals surface area (Å²) < 4.78 is 10.8. The van der Waals surface area contributed by atoms with E-state index in [-0.39, 0.29) is 45.9 Å². The maximum atomic E-state index is 12.8. The summed E-state index contributed by atoms with van der Waals surface area (Å²) in [6.45, 7) is -0.619. The largest absolute Gasteiger partial charge is 0.460 e. The van der Waals surface area contributed by atoms with E-state index in [1.54, 1.807) is 84.9 Å². The molecule has 6 rings (SSSR count). The fraction of sp³-hybridized carbons (Fsp3) is 0.0667. The summed E-state index contributed by atoms with van der Waals surface area (Å²) in [5.74, 6) is -1.83. The minimum absolute atomic E-state index is 0.170. The van der Waals surface area contributed by atoms with Crippen molar-refractivity contribution in [2.45, 2.75) is 19.6 Å². The van der Waals surface area contributed by atoms with Crippen LogP contribution < -0.4 is 20.9 Å². The minimum atomic E-state index is -0.916. The number of rotatable bonds is 6. The molecule has 0 aliphatic rings. The van der Waals surface area contributed by atoms with Crippen LogP contribution in [0.15, 0.2) is 84.9 Å². The van der Waals surface area contributed by atoms with Crippen molar-refractivity contribution in [2.75, 3.05) is 0 Å². The first-order valence-electron chi connectivity index (χ1n) is 16.7. The Morgan fingerprint density at radius 1 is 0.386 bits per heavy atom. The van der Waals surface area contributed by atoms with Gasteiger partial charge in [-0.1, -0.05) is 72.8 Å². The predicted octanol–water partition coefficient (Wildman–Crippen LogP) is 4.27. The number of carbonyl (C=O) groups is 2. The second-order valence-electron chi connectivity index (χ2n) is 12.2. The van der Waals surface area contributed by atoms with Gasteiger partial charge in [0.15, 0.2) is 0 Å². The average Bonchev–Trinajstić information content (AvgIpc) is 3.24. The number of nitriles is 8. The Kier molecular flexibility index (Phi) is 10.6. The van der Waals surface area contributed by atoms with Crippen LogP contribution in [0.4, 0.5) is 0 Å². The van der Waals surface area contributed by atoms with E-state index in [2.05, 4.69) is 0 Å². The van der Waals surface area contributed by atoms with E-state index >= 15 is 0 Å². The molecule has 0 atom stereocenters. The van der Waals surface area contributed by atoms with Crippen molar-refractivity contribution in [3.8, 4) is 48.6 Å². The number of hydrogen-bond acceptors (Lipinski definition) is 12. The van der Waals surface area contributed by atoms with Crippen LogP contribution in [0.1, 0.15) is 17.5 Å². The van der Waals surface area contributed by atoms with Crippen LogP contribution in [0.5, 0.6) is 0 Å². The van der Waals surface area contributed by atoms with Crippen molar-refractivity contribution >= 4 is 77.3 Å². The molecule has 264 valence electrons. The summed E-state index contributed by atoms with van der Waals surface area (Å²) in [5.41, 5.74) is 0.110. The van der Waals surface area contributed by atoms with Crippen LogP contribution in [-0.4, -0.2) is 11.9 Å². The first kappa shape index (κ1) is 37.5. The number of ether oxygens (including phenoxy) is 2. The van der Waals surface area contributed by atoms with Gasteiger partial charge in [-0.25, -0.2) is 0 Å². The second-order valence-corrected chi connectivity index (χ2v) is 12.2. The maximum absolute atomic E-state index is 12.8.